The maximum atomic E-state index is 9.17. The van der Waals surface area contributed by atoms with Gasteiger partial charge in [-0.15, -0.1) is 0 Å². The third kappa shape index (κ3) is 2.97. The minimum Gasteiger partial charge on any atom is -0.411 e. The van der Waals surface area contributed by atoms with Crippen molar-refractivity contribution in [1.82, 2.24) is 4.90 Å². The summed E-state index contributed by atoms with van der Waals surface area (Å²) < 4.78 is 0. The van der Waals surface area contributed by atoms with E-state index in [-0.39, 0.29) is 0 Å². The quantitative estimate of drug-likeness (QED) is 0.549. The lowest BCUT2D eigenvalue weighted by Crippen LogP contribution is -2.44. The van der Waals surface area contributed by atoms with Gasteiger partial charge in [0.05, 0.1) is 11.8 Å². The highest BCUT2D eigenvalue weighted by Gasteiger charge is 2.26. The van der Waals surface area contributed by atoms with Gasteiger partial charge in [-0.25, -0.2) is 0 Å². The zero-order valence-electron chi connectivity index (χ0n) is 10.2. The molecule has 92 valence electrons. The van der Waals surface area contributed by atoms with Crippen LogP contribution in [0, 0.1) is 0 Å². The summed E-state index contributed by atoms with van der Waals surface area (Å²) in [6.07, 6.45) is 11.3. The summed E-state index contributed by atoms with van der Waals surface area (Å²) in [6, 6.07) is 0.436. The van der Waals surface area contributed by atoms with E-state index < -0.39 is 0 Å². The van der Waals surface area contributed by atoms with Crippen molar-refractivity contribution in [2.75, 3.05) is 13.1 Å². The van der Waals surface area contributed by atoms with Crippen molar-refractivity contribution in [2.45, 2.75) is 63.8 Å². The van der Waals surface area contributed by atoms with Gasteiger partial charge >= 0.3 is 0 Å². The monoisotopic (exact) mass is 224 g/mol. The molecule has 0 radical (unpaired) electrons. The molecule has 0 amide bonds. The SMILES string of the molecule is O/N=C1\CCCCCC[C@H]1N1CCCCC1. The number of hydrogen-bond acceptors (Lipinski definition) is 3. The molecule has 1 atom stereocenters. The van der Waals surface area contributed by atoms with Crippen molar-refractivity contribution in [1.29, 1.82) is 0 Å². The number of nitrogens with zero attached hydrogens (tertiary/aromatic N) is 2. The Morgan fingerprint density at radius 2 is 1.62 bits per heavy atom. The van der Waals surface area contributed by atoms with E-state index in [4.69, 9.17) is 0 Å². The Bertz CT molecular complexity index is 234. The number of oxime groups is 1. The fourth-order valence-corrected chi connectivity index (χ4v) is 3.07. The number of hydrogen-bond donors (Lipinski definition) is 1. The zero-order chi connectivity index (χ0) is 11.2. The van der Waals surface area contributed by atoms with Gasteiger partial charge < -0.3 is 5.21 Å². The average molecular weight is 224 g/mol. The summed E-state index contributed by atoms with van der Waals surface area (Å²) in [5, 5.41) is 12.8. The fourth-order valence-electron chi connectivity index (χ4n) is 3.07. The molecule has 16 heavy (non-hydrogen) atoms. The molecule has 1 saturated heterocycles. The van der Waals surface area contributed by atoms with E-state index in [0.717, 1.165) is 12.1 Å². The van der Waals surface area contributed by atoms with Crippen LogP contribution in [0.4, 0.5) is 0 Å². The van der Waals surface area contributed by atoms with Gasteiger partial charge in [0.2, 0.25) is 0 Å². The summed E-state index contributed by atoms with van der Waals surface area (Å²) in [5.41, 5.74) is 1.04. The van der Waals surface area contributed by atoms with E-state index in [1.54, 1.807) is 0 Å². The largest absolute Gasteiger partial charge is 0.411 e. The summed E-state index contributed by atoms with van der Waals surface area (Å²) in [5.74, 6) is 0. The predicted octanol–water partition coefficient (Wildman–Crippen LogP) is 3.03. The molecule has 1 heterocycles. The lowest BCUT2D eigenvalue weighted by molar-refractivity contribution is 0.184. The third-order valence-electron chi connectivity index (χ3n) is 4.00. The lowest BCUT2D eigenvalue weighted by atomic mass is 9.92. The Hall–Kier alpha value is -0.570. The first-order valence-electron chi connectivity index (χ1n) is 6.86. The molecule has 2 aliphatic rings. The van der Waals surface area contributed by atoms with E-state index >= 15 is 0 Å². The Kier molecular flexibility index (Phi) is 4.64. The van der Waals surface area contributed by atoms with Crippen LogP contribution < -0.4 is 0 Å². The van der Waals surface area contributed by atoms with Gasteiger partial charge in [-0.1, -0.05) is 30.8 Å². The highest BCUT2D eigenvalue weighted by Crippen LogP contribution is 2.22. The van der Waals surface area contributed by atoms with E-state index in [0.29, 0.717) is 6.04 Å². The summed E-state index contributed by atoms with van der Waals surface area (Å²) in [6.45, 7) is 2.40. The molecule has 1 saturated carbocycles. The maximum Gasteiger partial charge on any atom is 0.0742 e. The van der Waals surface area contributed by atoms with Crippen LogP contribution in [0.25, 0.3) is 0 Å². The molecule has 1 aliphatic carbocycles. The lowest BCUT2D eigenvalue weighted by Gasteiger charge is -2.35. The Balaban J connectivity index is 2.00. The van der Waals surface area contributed by atoms with Crippen molar-refractivity contribution in [3.8, 4) is 0 Å². The molecular weight excluding hydrogens is 200 g/mol. The normalized spacial score (nSPS) is 32.2. The van der Waals surface area contributed by atoms with E-state index in [1.165, 1.54) is 64.5 Å². The van der Waals surface area contributed by atoms with Crippen LogP contribution in [-0.2, 0) is 0 Å². The Morgan fingerprint density at radius 3 is 2.38 bits per heavy atom. The first-order chi connectivity index (χ1) is 7.92. The second-order valence-corrected chi connectivity index (χ2v) is 5.16. The van der Waals surface area contributed by atoms with Gasteiger partial charge in [-0.05, 0) is 45.2 Å². The predicted molar refractivity (Wildman–Crippen MR) is 66.1 cm³/mol. The summed E-state index contributed by atoms with van der Waals surface area (Å²) in [7, 11) is 0. The topological polar surface area (TPSA) is 35.8 Å². The second kappa shape index (κ2) is 6.24. The molecule has 0 aromatic heterocycles. The van der Waals surface area contributed by atoms with Crippen LogP contribution in [0.2, 0.25) is 0 Å². The van der Waals surface area contributed by atoms with E-state index in [1.807, 2.05) is 0 Å². The second-order valence-electron chi connectivity index (χ2n) is 5.16. The summed E-state index contributed by atoms with van der Waals surface area (Å²) >= 11 is 0. The fraction of sp³-hybridized carbons (Fsp3) is 0.923. The van der Waals surface area contributed by atoms with Crippen molar-refractivity contribution >= 4 is 5.71 Å². The Labute approximate surface area is 98.5 Å². The molecule has 0 bridgehead atoms. The molecule has 1 aliphatic heterocycles. The van der Waals surface area contributed by atoms with Gasteiger partial charge in [0.25, 0.3) is 0 Å². The number of rotatable bonds is 1. The zero-order valence-corrected chi connectivity index (χ0v) is 10.2. The molecule has 3 nitrogen and oxygen atoms in total. The van der Waals surface area contributed by atoms with Crippen molar-refractivity contribution < 1.29 is 5.21 Å². The number of likely N-dealkylation sites (tertiary alicyclic amines) is 1. The molecule has 2 fully saturated rings. The summed E-state index contributed by atoms with van der Waals surface area (Å²) in [4.78, 5) is 2.55. The van der Waals surface area contributed by atoms with Crippen LogP contribution in [0.5, 0.6) is 0 Å². The minimum absolute atomic E-state index is 0.436. The third-order valence-corrected chi connectivity index (χ3v) is 4.00. The molecule has 3 heteroatoms. The van der Waals surface area contributed by atoms with Gasteiger partial charge in [-0.2, -0.15) is 0 Å². The van der Waals surface area contributed by atoms with Crippen LogP contribution in [0.1, 0.15) is 57.8 Å². The molecule has 0 aromatic rings. The van der Waals surface area contributed by atoms with Crippen LogP contribution >= 0.6 is 0 Å². The first-order valence-corrected chi connectivity index (χ1v) is 6.86. The minimum atomic E-state index is 0.436. The van der Waals surface area contributed by atoms with Gasteiger partial charge in [0.15, 0.2) is 0 Å². The first kappa shape index (κ1) is 11.9. The van der Waals surface area contributed by atoms with Gasteiger partial charge in [-0.3, -0.25) is 4.90 Å². The molecule has 2 rings (SSSR count). The Morgan fingerprint density at radius 1 is 0.938 bits per heavy atom. The molecule has 1 N–H and O–H groups in total. The molecular formula is C13H24N2O. The average Bonchev–Trinajstić information content (AvgIpc) is 2.30. The van der Waals surface area contributed by atoms with Crippen molar-refractivity contribution in [3.05, 3.63) is 0 Å². The van der Waals surface area contributed by atoms with Crippen molar-refractivity contribution in [2.24, 2.45) is 5.16 Å². The smallest absolute Gasteiger partial charge is 0.0742 e. The van der Waals surface area contributed by atoms with Crippen LogP contribution in [0.15, 0.2) is 5.16 Å². The van der Waals surface area contributed by atoms with Crippen LogP contribution in [-0.4, -0.2) is 35.0 Å². The molecule has 0 unspecified atom stereocenters. The molecule has 0 aromatic carbocycles. The standard InChI is InChI=1S/C13H24N2O/c16-14-12-8-4-1-2-5-9-13(12)15-10-6-3-7-11-15/h13,16H,1-11H2/b14-12+/t13-/m1/s1. The van der Waals surface area contributed by atoms with E-state index in [2.05, 4.69) is 10.1 Å². The van der Waals surface area contributed by atoms with Gasteiger partial charge in [0.1, 0.15) is 0 Å². The van der Waals surface area contributed by atoms with E-state index in [9.17, 15) is 5.21 Å². The van der Waals surface area contributed by atoms with Gasteiger partial charge in [0, 0.05) is 0 Å². The maximum absolute atomic E-state index is 9.17. The van der Waals surface area contributed by atoms with Crippen LogP contribution in [0.3, 0.4) is 0 Å². The highest BCUT2D eigenvalue weighted by atomic mass is 16.4. The molecule has 0 spiro atoms. The van der Waals surface area contributed by atoms with Crippen molar-refractivity contribution in [3.63, 3.8) is 0 Å². The number of piperidine rings is 1. The highest BCUT2D eigenvalue weighted by molar-refractivity contribution is 5.89.